The molecule has 2 atom stereocenters. The maximum absolute atomic E-state index is 14.0. The summed E-state index contributed by atoms with van der Waals surface area (Å²) < 4.78 is 56.7. The first kappa shape index (κ1) is 33.3. The van der Waals surface area contributed by atoms with Gasteiger partial charge in [-0.2, -0.15) is 0 Å². The van der Waals surface area contributed by atoms with Gasteiger partial charge in [0, 0.05) is 23.7 Å². The van der Waals surface area contributed by atoms with Crippen LogP contribution in [0, 0.1) is 5.82 Å². The number of hydrogen-bond donors (Lipinski definition) is 1. The molecule has 0 radical (unpaired) electrons. The summed E-state index contributed by atoms with van der Waals surface area (Å²) in [4.78, 5) is 19.5. The van der Waals surface area contributed by atoms with Gasteiger partial charge in [0.1, 0.15) is 17.9 Å². The average molecular weight is 656 g/mol. The third kappa shape index (κ3) is 8.60. The lowest BCUT2D eigenvalue weighted by molar-refractivity contribution is -0.274. The largest absolute Gasteiger partial charge is 0.573 e. The second kappa shape index (κ2) is 14.6. The van der Waals surface area contributed by atoms with Crippen LogP contribution in [0.2, 0.25) is 0 Å². The predicted octanol–water partition coefficient (Wildman–Crippen LogP) is 8.24. The number of thioether (sulfide) groups is 1. The number of carbonyl (C=O) groups excluding carboxylic acids is 1. The van der Waals surface area contributed by atoms with Crippen LogP contribution >= 0.6 is 11.8 Å². The van der Waals surface area contributed by atoms with Gasteiger partial charge in [0.05, 0.1) is 5.69 Å². The number of benzene rings is 3. The second-order valence-corrected chi connectivity index (χ2v) is 12.8. The lowest BCUT2D eigenvalue weighted by atomic mass is 9.99. The summed E-state index contributed by atoms with van der Waals surface area (Å²) in [6.07, 6.45) is 0.569. The number of aromatic nitrogens is 3. The van der Waals surface area contributed by atoms with E-state index in [0.717, 1.165) is 53.8 Å². The van der Waals surface area contributed by atoms with Crippen molar-refractivity contribution in [3.05, 3.63) is 90.0 Å². The number of carbonyl (C=O) groups is 1. The Morgan fingerprint density at radius 3 is 2.50 bits per heavy atom. The van der Waals surface area contributed by atoms with E-state index in [-0.39, 0.29) is 34.9 Å². The molecule has 2 unspecified atom stereocenters. The number of anilines is 1. The monoisotopic (exact) mass is 655 g/mol. The smallest absolute Gasteiger partial charge is 0.406 e. The Hall–Kier alpha value is -4.06. The first-order valence-corrected chi connectivity index (χ1v) is 16.4. The molecule has 2 heterocycles. The summed E-state index contributed by atoms with van der Waals surface area (Å²) in [7, 11) is 0. The Morgan fingerprint density at radius 2 is 1.80 bits per heavy atom. The molecule has 1 fully saturated rings. The van der Waals surface area contributed by atoms with Crippen LogP contribution in [0.25, 0.3) is 17.1 Å². The molecule has 4 aromatic rings. The van der Waals surface area contributed by atoms with E-state index in [1.807, 2.05) is 30.3 Å². The zero-order valence-electron chi connectivity index (χ0n) is 25.9. The van der Waals surface area contributed by atoms with E-state index in [1.54, 1.807) is 17.8 Å². The molecule has 1 N–H and O–H groups in total. The first-order valence-electron chi connectivity index (χ1n) is 15.3. The third-order valence-corrected chi connectivity index (χ3v) is 9.00. The second-order valence-electron chi connectivity index (χ2n) is 11.7. The van der Waals surface area contributed by atoms with E-state index in [1.165, 1.54) is 41.3 Å². The molecule has 0 aliphatic carbocycles. The van der Waals surface area contributed by atoms with Crippen molar-refractivity contribution in [2.75, 3.05) is 10.7 Å². The van der Waals surface area contributed by atoms with Gasteiger partial charge in [0.2, 0.25) is 5.91 Å². The van der Waals surface area contributed by atoms with Gasteiger partial charge in [-0.1, -0.05) is 38.1 Å². The standard InChI is InChI=1S/C34H37F4N5O2S/c1-22(2)29-20-26(35)12-17-30(29)43-23(3)18-19-46-33(43)40-31(44)7-5-4-6-24-8-10-25(11-9-24)32-39-21-42(41-32)27-13-15-28(16-14-27)45-34(36,37)38/h8-17,20-23,33H,4-7,18-19H2,1-3H3,(H,40,44). The molecule has 3 aromatic carbocycles. The Labute approximate surface area is 270 Å². The van der Waals surface area contributed by atoms with E-state index < -0.39 is 6.36 Å². The van der Waals surface area contributed by atoms with Crippen molar-refractivity contribution in [1.82, 2.24) is 20.1 Å². The fourth-order valence-corrected chi connectivity index (χ4v) is 6.86. The number of amides is 1. The van der Waals surface area contributed by atoms with Crippen molar-refractivity contribution in [3.63, 3.8) is 0 Å². The van der Waals surface area contributed by atoms with Gasteiger partial charge in [0.15, 0.2) is 11.3 Å². The van der Waals surface area contributed by atoms with Crippen LogP contribution in [0.4, 0.5) is 23.2 Å². The number of halogens is 4. The molecular weight excluding hydrogens is 618 g/mol. The van der Waals surface area contributed by atoms with Gasteiger partial charge in [0.25, 0.3) is 0 Å². The molecule has 244 valence electrons. The maximum atomic E-state index is 14.0. The minimum absolute atomic E-state index is 0.00401. The van der Waals surface area contributed by atoms with Crippen molar-refractivity contribution in [3.8, 4) is 22.8 Å². The lowest BCUT2D eigenvalue weighted by Crippen LogP contribution is -2.53. The van der Waals surface area contributed by atoms with Crippen molar-refractivity contribution < 1.29 is 27.1 Å². The summed E-state index contributed by atoms with van der Waals surface area (Å²) in [6.45, 7) is 6.26. The van der Waals surface area contributed by atoms with Crippen molar-refractivity contribution >= 4 is 23.4 Å². The Morgan fingerprint density at radius 1 is 1.07 bits per heavy atom. The topological polar surface area (TPSA) is 72.3 Å². The number of ether oxygens (including phenoxy) is 1. The molecule has 0 saturated carbocycles. The zero-order chi connectivity index (χ0) is 32.8. The van der Waals surface area contributed by atoms with Crippen molar-refractivity contribution in [1.29, 1.82) is 0 Å². The number of hydrogen-bond acceptors (Lipinski definition) is 6. The van der Waals surface area contributed by atoms with E-state index in [9.17, 15) is 22.4 Å². The van der Waals surface area contributed by atoms with E-state index in [0.29, 0.717) is 17.9 Å². The van der Waals surface area contributed by atoms with Crippen LogP contribution in [0.15, 0.2) is 73.1 Å². The number of aryl methyl sites for hydroxylation is 1. The maximum Gasteiger partial charge on any atom is 0.573 e. The SMILES string of the molecule is CC(C)c1cc(F)ccc1N1C(C)CCSC1NC(=O)CCCCc1ccc(-c2ncn(-c3ccc(OC(F)(F)F)cc3)n2)cc1. The van der Waals surface area contributed by atoms with Crippen LogP contribution in [0.1, 0.15) is 63.5 Å². The number of nitrogens with one attached hydrogen (secondary N) is 1. The molecule has 46 heavy (non-hydrogen) atoms. The van der Waals surface area contributed by atoms with E-state index in [4.69, 9.17) is 0 Å². The highest BCUT2D eigenvalue weighted by Crippen LogP contribution is 2.36. The van der Waals surface area contributed by atoms with Gasteiger partial charge in [-0.3, -0.25) is 4.79 Å². The van der Waals surface area contributed by atoms with Crippen LogP contribution in [-0.4, -0.2) is 44.3 Å². The van der Waals surface area contributed by atoms with Crippen molar-refractivity contribution in [2.45, 2.75) is 76.7 Å². The van der Waals surface area contributed by atoms with E-state index in [2.05, 4.69) is 45.8 Å². The summed E-state index contributed by atoms with van der Waals surface area (Å²) in [5.74, 6) is 1.03. The zero-order valence-corrected chi connectivity index (χ0v) is 26.7. The molecule has 1 aliphatic rings. The molecule has 1 saturated heterocycles. The van der Waals surface area contributed by atoms with Gasteiger partial charge in [-0.25, -0.2) is 14.1 Å². The van der Waals surface area contributed by atoms with Gasteiger partial charge in [-0.05, 0) is 97.9 Å². The van der Waals surface area contributed by atoms with Crippen molar-refractivity contribution in [2.24, 2.45) is 0 Å². The summed E-state index contributed by atoms with van der Waals surface area (Å²) in [5, 5.41) is 7.67. The highest BCUT2D eigenvalue weighted by atomic mass is 32.2. The Bertz CT molecular complexity index is 1610. The van der Waals surface area contributed by atoms with Crippen LogP contribution in [-0.2, 0) is 11.2 Å². The first-order chi connectivity index (χ1) is 22.0. The minimum atomic E-state index is -4.75. The molecular formula is C34H37F4N5O2S. The molecule has 7 nitrogen and oxygen atoms in total. The molecule has 1 aliphatic heterocycles. The predicted molar refractivity (Wildman–Crippen MR) is 172 cm³/mol. The Balaban J connectivity index is 1.11. The summed E-state index contributed by atoms with van der Waals surface area (Å²) in [5.41, 5.74) is 4.20. The fourth-order valence-electron chi connectivity index (χ4n) is 5.46. The molecule has 0 bridgehead atoms. The minimum Gasteiger partial charge on any atom is -0.406 e. The Kier molecular flexibility index (Phi) is 10.6. The third-order valence-electron chi connectivity index (χ3n) is 7.87. The summed E-state index contributed by atoms with van der Waals surface area (Å²) >= 11 is 1.71. The normalized spacial score (nSPS) is 16.9. The molecule has 0 spiro atoms. The van der Waals surface area contributed by atoms with Crippen LogP contribution in [0.5, 0.6) is 5.75 Å². The number of unbranched alkanes of at least 4 members (excludes halogenated alkanes) is 1. The molecule has 12 heteroatoms. The van der Waals surface area contributed by atoms with Gasteiger partial charge >= 0.3 is 6.36 Å². The lowest BCUT2D eigenvalue weighted by Gasteiger charge is -2.43. The number of alkyl halides is 3. The summed E-state index contributed by atoms with van der Waals surface area (Å²) in [6, 6.07) is 18.4. The fraction of sp³-hybridized carbons (Fsp3) is 0.382. The van der Waals surface area contributed by atoms with Gasteiger partial charge in [-0.15, -0.1) is 30.0 Å². The van der Waals surface area contributed by atoms with Crippen LogP contribution < -0.4 is 15.0 Å². The number of rotatable bonds is 11. The quantitative estimate of drug-likeness (QED) is 0.130. The average Bonchev–Trinajstić information content (AvgIpc) is 3.50. The molecule has 5 rings (SSSR count). The molecule has 1 amide bonds. The van der Waals surface area contributed by atoms with E-state index >= 15 is 0 Å². The highest BCUT2D eigenvalue weighted by Gasteiger charge is 2.32. The number of nitrogens with zero attached hydrogens (tertiary/aromatic N) is 4. The van der Waals surface area contributed by atoms with Crippen LogP contribution in [0.3, 0.4) is 0 Å². The van der Waals surface area contributed by atoms with Gasteiger partial charge < -0.3 is 15.0 Å². The highest BCUT2D eigenvalue weighted by molar-refractivity contribution is 8.00. The molecule has 1 aromatic heterocycles.